The number of benzene rings is 7. The molecule has 312 valence electrons. The Morgan fingerprint density at radius 1 is 0.532 bits per heavy atom. The second kappa shape index (κ2) is 17.5. The molecule has 7 aromatic carbocycles. The molecular formula is C56H49N4OPt-3. The van der Waals surface area contributed by atoms with Crippen LogP contribution in [0.5, 0.6) is 11.5 Å². The van der Waals surface area contributed by atoms with Gasteiger partial charge in [-0.05, 0) is 63.2 Å². The van der Waals surface area contributed by atoms with E-state index in [2.05, 4.69) is 232 Å². The predicted molar refractivity (Wildman–Crippen MR) is 254 cm³/mol. The number of nitrogens with zero attached hydrogens (tertiary/aromatic N) is 3. The number of anilines is 4. The fraction of sp³-hybridized carbons (Fsp3) is 0.143. The van der Waals surface area contributed by atoms with E-state index >= 15 is 0 Å². The number of aromatic nitrogens is 2. The third kappa shape index (κ3) is 8.69. The van der Waals surface area contributed by atoms with E-state index in [1.807, 2.05) is 24.5 Å². The van der Waals surface area contributed by atoms with Gasteiger partial charge in [-0.25, -0.2) is 0 Å². The molecule has 3 heterocycles. The number of nitrogens with one attached hydrogen (secondary N) is 1. The second-order valence-electron chi connectivity index (χ2n) is 17.5. The Morgan fingerprint density at radius 3 is 1.73 bits per heavy atom. The molecule has 0 atom stereocenters. The van der Waals surface area contributed by atoms with Gasteiger partial charge in [-0.1, -0.05) is 156 Å². The Morgan fingerprint density at radius 2 is 1.11 bits per heavy atom. The SMILES string of the molecule is CC(C)(C)c1cc(Oc2[c-]c3[nH]c4ccccc4c3cc2)[c-]c(N2[CH-]N(c3c(-c4ccccc4)cccc3-c3ccccc3)c3ccccc32)c1.CC(C)(C)c1ccncc1.[Pt]. The van der Waals surface area contributed by atoms with Gasteiger partial charge in [-0.15, -0.1) is 53.6 Å². The molecule has 0 unspecified atom stereocenters. The fourth-order valence-corrected chi connectivity index (χ4v) is 7.92. The topological polar surface area (TPSA) is 44.4 Å². The average molecular weight is 989 g/mol. The van der Waals surface area contributed by atoms with Crippen molar-refractivity contribution in [3.8, 4) is 33.8 Å². The van der Waals surface area contributed by atoms with Gasteiger partial charge in [0.1, 0.15) is 0 Å². The first-order chi connectivity index (χ1) is 29.5. The molecule has 0 saturated carbocycles. The van der Waals surface area contributed by atoms with Gasteiger partial charge in [-0.2, -0.15) is 6.07 Å². The van der Waals surface area contributed by atoms with E-state index in [0.29, 0.717) is 11.5 Å². The molecule has 0 radical (unpaired) electrons. The normalized spacial score (nSPS) is 12.4. The van der Waals surface area contributed by atoms with Crippen LogP contribution in [0.2, 0.25) is 0 Å². The van der Waals surface area contributed by atoms with Crippen molar-refractivity contribution in [3.05, 3.63) is 206 Å². The quantitative estimate of drug-likeness (QED) is 0.169. The molecular weight excluding hydrogens is 940 g/mol. The molecule has 2 aromatic heterocycles. The fourth-order valence-electron chi connectivity index (χ4n) is 7.92. The van der Waals surface area contributed by atoms with E-state index in [0.717, 1.165) is 67.0 Å². The van der Waals surface area contributed by atoms with Crippen LogP contribution in [0.3, 0.4) is 0 Å². The van der Waals surface area contributed by atoms with E-state index < -0.39 is 0 Å². The van der Waals surface area contributed by atoms with Crippen molar-refractivity contribution < 1.29 is 25.8 Å². The predicted octanol–water partition coefficient (Wildman–Crippen LogP) is 15.1. The minimum absolute atomic E-state index is 0. The maximum Gasteiger partial charge on any atom is 0.0344 e. The zero-order valence-corrected chi connectivity index (χ0v) is 38.2. The van der Waals surface area contributed by atoms with Crippen LogP contribution in [0, 0.1) is 18.8 Å². The van der Waals surface area contributed by atoms with Gasteiger partial charge in [0, 0.05) is 78.7 Å². The minimum Gasteiger partial charge on any atom is -0.509 e. The summed E-state index contributed by atoms with van der Waals surface area (Å²) in [5, 5.41) is 2.30. The first-order valence-corrected chi connectivity index (χ1v) is 20.9. The van der Waals surface area contributed by atoms with Crippen LogP contribution in [0.4, 0.5) is 22.7 Å². The van der Waals surface area contributed by atoms with Gasteiger partial charge >= 0.3 is 0 Å². The summed E-state index contributed by atoms with van der Waals surface area (Å²) < 4.78 is 6.59. The van der Waals surface area contributed by atoms with Crippen molar-refractivity contribution in [2.45, 2.75) is 52.4 Å². The molecule has 10 rings (SSSR count). The molecule has 0 amide bonds. The van der Waals surface area contributed by atoms with Gasteiger partial charge in [0.25, 0.3) is 0 Å². The Balaban J connectivity index is 0.000000426. The third-order valence-corrected chi connectivity index (χ3v) is 11.2. The number of pyridine rings is 1. The second-order valence-corrected chi connectivity index (χ2v) is 17.5. The summed E-state index contributed by atoms with van der Waals surface area (Å²) in [5.74, 6) is 1.28. The maximum atomic E-state index is 6.59. The van der Waals surface area contributed by atoms with Crippen LogP contribution in [0.15, 0.2) is 176 Å². The minimum atomic E-state index is -0.133. The molecule has 6 heteroatoms. The van der Waals surface area contributed by atoms with Gasteiger partial charge in [0.05, 0.1) is 0 Å². The summed E-state index contributed by atoms with van der Waals surface area (Å²) in [5.41, 5.74) is 13.4. The molecule has 1 aliphatic rings. The number of hydrogen-bond donors (Lipinski definition) is 1. The van der Waals surface area contributed by atoms with Crippen molar-refractivity contribution in [2.75, 3.05) is 9.80 Å². The summed E-state index contributed by atoms with van der Waals surface area (Å²) in [7, 11) is 0. The number of fused-ring (bicyclic) bond motifs is 4. The standard InChI is InChI=1S/C47H36N3O.C9H13N.Pt/c1-47(2,3)34-27-35(29-37(28-34)51-36-25-26-41-40-19-10-11-22-42(40)48-43(41)30-36)49-31-50(45-24-13-12-23-44(45)49)46-38(32-15-6-4-7-16-32)20-14-21-39(46)33-17-8-5-9-18-33;1-9(2,3)8-4-6-10-7-5-8;/h4-28,31,48H,1-3H3;4-7H,1-3H3;/q-3;;. The molecule has 5 nitrogen and oxygen atoms in total. The largest absolute Gasteiger partial charge is 0.509 e. The summed E-state index contributed by atoms with van der Waals surface area (Å²) in [6.45, 7) is 15.5. The number of para-hydroxylation sites is 4. The van der Waals surface area contributed by atoms with Crippen LogP contribution in [0.25, 0.3) is 44.1 Å². The van der Waals surface area contributed by atoms with Gasteiger partial charge in [-0.3, -0.25) is 4.98 Å². The zero-order valence-electron chi connectivity index (χ0n) is 35.9. The average Bonchev–Trinajstić information content (AvgIpc) is 3.85. The molecule has 62 heavy (non-hydrogen) atoms. The van der Waals surface area contributed by atoms with Crippen molar-refractivity contribution in [3.63, 3.8) is 0 Å². The van der Waals surface area contributed by atoms with Crippen molar-refractivity contribution in [1.82, 2.24) is 9.97 Å². The van der Waals surface area contributed by atoms with Gasteiger partial charge < -0.3 is 19.5 Å². The van der Waals surface area contributed by atoms with Crippen LogP contribution in [-0.4, -0.2) is 9.97 Å². The van der Waals surface area contributed by atoms with Crippen molar-refractivity contribution >= 4 is 44.6 Å². The summed E-state index contributed by atoms with van der Waals surface area (Å²) in [4.78, 5) is 12.0. The van der Waals surface area contributed by atoms with E-state index in [-0.39, 0.29) is 31.9 Å². The number of rotatable bonds is 6. The maximum absolute atomic E-state index is 6.59. The van der Waals surface area contributed by atoms with E-state index in [4.69, 9.17) is 4.74 Å². The summed E-state index contributed by atoms with van der Waals surface area (Å²) >= 11 is 0. The Labute approximate surface area is 380 Å². The molecule has 9 aromatic rings. The van der Waals surface area contributed by atoms with Crippen molar-refractivity contribution in [1.29, 1.82) is 0 Å². The summed E-state index contributed by atoms with van der Waals surface area (Å²) in [6, 6.07) is 64.4. The Bertz CT molecular complexity index is 2890. The number of ether oxygens (including phenoxy) is 1. The number of hydrogen-bond acceptors (Lipinski definition) is 4. The van der Waals surface area contributed by atoms with Gasteiger partial charge in [0.2, 0.25) is 0 Å². The van der Waals surface area contributed by atoms with E-state index in [9.17, 15) is 0 Å². The molecule has 0 fully saturated rings. The molecule has 0 aliphatic carbocycles. The molecule has 0 spiro atoms. The number of aromatic amines is 1. The van der Waals surface area contributed by atoms with Crippen LogP contribution in [-0.2, 0) is 31.9 Å². The Hall–Kier alpha value is -6.42. The molecule has 1 aliphatic heterocycles. The van der Waals surface area contributed by atoms with Crippen LogP contribution in [0.1, 0.15) is 52.7 Å². The van der Waals surface area contributed by atoms with Gasteiger partial charge in [0.15, 0.2) is 0 Å². The molecule has 1 N–H and O–H groups in total. The zero-order chi connectivity index (χ0) is 42.1. The summed E-state index contributed by atoms with van der Waals surface area (Å²) in [6.07, 6.45) is 3.67. The smallest absolute Gasteiger partial charge is 0.0344 e. The van der Waals surface area contributed by atoms with E-state index in [1.54, 1.807) is 0 Å². The van der Waals surface area contributed by atoms with E-state index in [1.165, 1.54) is 10.9 Å². The molecule has 0 bridgehead atoms. The van der Waals surface area contributed by atoms with Crippen LogP contribution < -0.4 is 14.5 Å². The first-order valence-electron chi connectivity index (χ1n) is 20.9. The Kier molecular flexibility index (Phi) is 11.9. The number of H-pyrrole nitrogens is 1. The third-order valence-electron chi connectivity index (χ3n) is 11.2. The van der Waals surface area contributed by atoms with Crippen molar-refractivity contribution in [2.24, 2.45) is 0 Å². The van der Waals surface area contributed by atoms with Crippen LogP contribution >= 0.6 is 0 Å². The monoisotopic (exact) mass is 988 g/mol. The first kappa shape index (κ1) is 42.3. The molecule has 0 saturated heterocycles.